The third-order valence-corrected chi connectivity index (χ3v) is 2.73. The second-order valence-electron chi connectivity index (χ2n) is 3.88. The van der Waals surface area contributed by atoms with Gasteiger partial charge in [0.25, 0.3) is 5.91 Å². The summed E-state index contributed by atoms with van der Waals surface area (Å²) in [6.45, 7) is 5.24. The zero-order valence-corrected chi connectivity index (χ0v) is 10.4. The number of aromatic nitrogens is 1. The third-order valence-electron chi connectivity index (χ3n) is 2.73. The Balaban J connectivity index is 0.00000128. The molecule has 2 rings (SSSR count). The second kappa shape index (κ2) is 4.84. The number of hydrogen-bond donors (Lipinski definition) is 1. The van der Waals surface area contributed by atoms with Crippen molar-refractivity contribution in [2.45, 2.75) is 19.9 Å². The first-order chi connectivity index (χ1) is 7.09. The Morgan fingerprint density at radius 1 is 1.50 bits per heavy atom. The lowest BCUT2D eigenvalue weighted by atomic mass is 10.1. The van der Waals surface area contributed by atoms with Gasteiger partial charge in [0.05, 0.1) is 11.7 Å². The van der Waals surface area contributed by atoms with Crippen molar-refractivity contribution >= 4 is 18.3 Å². The van der Waals surface area contributed by atoms with Crippen molar-refractivity contribution in [2.75, 3.05) is 20.1 Å². The van der Waals surface area contributed by atoms with E-state index in [4.69, 9.17) is 4.42 Å². The summed E-state index contributed by atoms with van der Waals surface area (Å²) < 4.78 is 5.29. The quantitative estimate of drug-likeness (QED) is 0.836. The van der Waals surface area contributed by atoms with Crippen LogP contribution in [0.25, 0.3) is 0 Å². The zero-order chi connectivity index (χ0) is 11.0. The van der Waals surface area contributed by atoms with E-state index >= 15 is 0 Å². The highest BCUT2D eigenvalue weighted by atomic mass is 35.5. The molecule has 90 valence electrons. The molecule has 0 aliphatic carbocycles. The third kappa shape index (κ3) is 2.20. The average molecular weight is 246 g/mol. The Kier molecular flexibility index (Phi) is 3.93. The Bertz CT molecular complexity index is 387. The highest BCUT2D eigenvalue weighted by Gasteiger charge is 2.29. The topological polar surface area (TPSA) is 58.4 Å². The lowest BCUT2D eigenvalue weighted by Crippen LogP contribution is -2.57. The largest absolute Gasteiger partial charge is 0.436 e. The minimum absolute atomic E-state index is 0. The summed E-state index contributed by atoms with van der Waals surface area (Å²) in [5, 5.41) is 3.13. The standard InChI is InChI=1S/C10H15N3O2.ClH/c1-6-9(15-7(2)12-6)10(14)13(3)8-4-11-5-8;/h8,11H,4-5H2,1-3H3;1H. The lowest BCUT2D eigenvalue weighted by Gasteiger charge is -2.35. The fraction of sp³-hybridized carbons (Fsp3) is 0.600. The molecule has 1 fully saturated rings. The van der Waals surface area contributed by atoms with Crippen LogP contribution in [0.2, 0.25) is 0 Å². The highest BCUT2D eigenvalue weighted by molar-refractivity contribution is 5.92. The van der Waals surface area contributed by atoms with Gasteiger partial charge in [-0.3, -0.25) is 4.79 Å². The van der Waals surface area contributed by atoms with E-state index in [1.165, 1.54) is 0 Å². The van der Waals surface area contributed by atoms with E-state index in [9.17, 15) is 4.79 Å². The van der Waals surface area contributed by atoms with E-state index < -0.39 is 0 Å². The molecule has 2 heterocycles. The van der Waals surface area contributed by atoms with Crippen LogP contribution < -0.4 is 5.32 Å². The Hall–Kier alpha value is -1.07. The lowest BCUT2D eigenvalue weighted by molar-refractivity contribution is 0.0646. The van der Waals surface area contributed by atoms with Crippen LogP contribution in [0.15, 0.2) is 4.42 Å². The summed E-state index contributed by atoms with van der Waals surface area (Å²) in [7, 11) is 1.80. The fourth-order valence-electron chi connectivity index (χ4n) is 1.60. The molecular formula is C10H16ClN3O2. The van der Waals surface area contributed by atoms with Crippen LogP contribution in [-0.4, -0.2) is 42.0 Å². The molecule has 6 heteroatoms. The van der Waals surface area contributed by atoms with E-state index in [2.05, 4.69) is 10.3 Å². The number of aryl methyl sites for hydroxylation is 2. The van der Waals surface area contributed by atoms with Gasteiger partial charge >= 0.3 is 0 Å². The smallest absolute Gasteiger partial charge is 0.291 e. The van der Waals surface area contributed by atoms with E-state index in [1.54, 1.807) is 25.8 Å². The number of halogens is 1. The van der Waals surface area contributed by atoms with Crippen molar-refractivity contribution in [3.8, 4) is 0 Å². The monoisotopic (exact) mass is 245 g/mol. The number of nitrogens with zero attached hydrogens (tertiary/aromatic N) is 2. The number of rotatable bonds is 2. The minimum Gasteiger partial charge on any atom is -0.436 e. The first-order valence-corrected chi connectivity index (χ1v) is 5.01. The van der Waals surface area contributed by atoms with Gasteiger partial charge in [0.15, 0.2) is 5.89 Å². The summed E-state index contributed by atoms with van der Waals surface area (Å²) >= 11 is 0. The first-order valence-electron chi connectivity index (χ1n) is 5.01. The molecule has 0 aromatic carbocycles. The number of carbonyl (C=O) groups is 1. The Labute approximate surface area is 101 Å². The van der Waals surface area contributed by atoms with Gasteiger partial charge in [-0.2, -0.15) is 0 Å². The molecule has 0 unspecified atom stereocenters. The van der Waals surface area contributed by atoms with Crippen LogP contribution in [-0.2, 0) is 0 Å². The number of amides is 1. The van der Waals surface area contributed by atoms with Crippen LogP contribution in [0.1, 0.15) is 22.1 Å². The number of hydrogen-bond acceptors (Lipinski definition) is 4. The Morgan fingerprint density at radius 3 is 2.50 bits per heavy atom. The molecule has 0 radical (unpaired) electrons. The summed E-state index contributed by atoms with van der Waals surface area (Å²) in [5.41, 5.74) is 0.664. The minimum atomic E-state index is -0.0837. The summed E-state index contributed by atoms with van der Waals surface area (Å²) in [5.74, 6) is 0.817. The first kappa shape index (κ1) is 13.0. The van der Waals surface area contributed by atoms with Gasteiger partial charge in [0, 0.05) is 27.1 Å². The van der Waals surface area contributed by atoms with E-state index in [0.29, 0.717) is 17.3 Å². The molecule has 0 saturated carbocycles. The number of nitrogens with one attached hydrogen (secondary N) is 1. The Morgan fingerprint density at radius 2 is 2.12 bits per heavy atom. The maximum absolute atomic E-state index is 12.0. The second-order valence-corrected chi connectivity index (χ2v) is 3.88. The molecule has 1 aromatic heterocycles. The number of oxazole rings is 1. The van der Waals surface area contributed by atoms with Gasteiger partial charge in [0.2, 0.25) is 5.76 Å². The van der Waals surface area contributed by atoms with E-state index in [-0.39, 0.29) is 24.4 Å². The molecular weight excluding hydrogens is 230 g/mol. The molecule has 16 heavy (non-hydrogen) atoms. The fourth-order valence-corrected chi connectivity index (χ4v) is 1.60. The normalized spacial score (nSPS) is 15.2. The van der Waals surface area contributed by atoms with Crippen molar-refractivity contribution in [1.29, 1.82) is 0 Å². The zero-order valence-electron chi connectivity index (χ0n) is 9.61. The van der Waals surface area contributed by atoms with Crippen molar-refractivity contribution in [2.24, 2.45) is 0 Å². The average Bonchev–Trinajstić information content (AvgIpc) is 2.41. The number of likely N-dealkylation sites (N-methyl/N-ethyl adjacent to an activating group) is 1. The predicted octanol–water partition coefficient (Wildman–Crippen LogP) is 0.757. The van der Waals surface area contributed by atoms with Gasteiger partial charge in [0.1, 0.15) is 0 Å². The molecule has 1 aromatic rings. The molecule has 5 nitrogen and oxygen atoms in total. The SMILES string of the molecule is Cc1nc(C)c(C(=O)N(C)C2CNC2)o1.Cl. The van der Waals surface area contributed by atoms with Crippen molar-refractivity contribution in [3.63, 3.8) is 0 Å². The highest BCUT2D eigenvalue weighted by Crippen LogP contribution is 2.14. The molecule has 0 spiro atoms. The maximum Gasteiger partial charge on any atom is 0.291 e. The maximum atomic E-state index is 12.0. The molecule has 1 saturated heterocycles. The van der Waals surface area contributed by atoms with Crippen molar-refractivity contribution in [3.05, 3.63) is 17.3 Å². The van der Waals surface area contributed by atoms with E-state index in [1.807, 2.05) is 0 Å². The molecule has 1 aliphatic heterocycles. The molecule has 1 aliphatic rings. The van der Waals surface area contributed by atoms with Crippen molar-refractivity contribution in [1.82, 2.24) is 15.2 Å². The van der Waals surface area contributed by atoms with Gasteiger partial charge in [-0.25, -0.2) is 4.98 Å². The number of carbonyl (C=O) groups excluding carboxylic acids is 1. The van der Waals surface area contributed by atoms with Gasteiger partial charge in [-0.15, -0.1) is 12.4 Å². The molecule has 0 bridgehead atoms. The molecule has 1 N–H and O–H groups in total. The predicted molar refractivity (Wildman–Crippen MR) is 62.0 cm³/mol. The van der Waals surface area contributed by atoms with Crippen LogP contribution >= 0.6 is 12.4 Å². The van der Waals surface area contributed by atoms with E-state index in [0.717, 1.165) is 13.1 Å². The van der Waals surface area contributed by atoms with Crippen LogP contribution in [0.5, 0.6) is 0 Å². The van der Waals surface area contributed by atoms with Crippen LogP contribution in [0.4, 0.5) is 0 Å². The summed E-state index contributed by atoms with van der Waals surface area (Å²) in [6, 6.07) is 0.280. The summed E-state index contributed by atoms with van der Waals surface area (Å²) in [4.78, 5) is 17.8. The van der Waals surface area contributed by atoms with Gasteiger partial charge < -0.3 is 14.6 Å². The van der Waals surface area contributed by atoms with Gasteiger partial charge in [-0.05, 0) is 6.92 Å². The molecule has 1 amide bonds. The van der Waals surface area contributed by atoms with Gasteiger partial charge in [-0.1, -0.05) is 0 Å². The van der Waals surface area contributed by atoms with Crippen molar-refractivity contribution < 1.29 is 9.21 Å². The molecule has 0 atom stereocenters. The summed E-state index contributed by atoms with van der Waals surface area (Å²) in [6.07, 6.45) is 0. The van der Waals surface area contributed by atoms with Crippen LogP contribution in [0, 0.1) is 13.8 Å². The van der Waals surface area contributed by atoms with Crippen LogP contribution in [0.3, 0.4) is 0 Å².